The van der Waals surface area contributed by atoms with Crippen LogP contribution in [-0.4, -0.2) is 62.7 Å². The van der Waals surface area contributed by atoms with E-state index in [1.54, 1.807) is 23.4 Å². The van der Waals surface area contributed by atoms with Crippen LogP contribution in [0.2, 0.25) is 0 Å². The molecule has 27 heavy (non-hydrogen) atoms. The molecule has 0 aromatic carbocycles. The van der Waals surface area contributed by atoms with Crippen LogP contribution in [0, 0.1) is 0 Å². The summed E-state index contributed by atoms with van der Waals surface area (Å²) in [5.41, 5.74) is -2.19. The Labute approximate surface area is 155 Å². The van der Waals surface area contributed by atoms with Crippen molar-refractivity contribution in [2.45, 2.75) is 11.3 Å². The van der Waals surface area contributed by atoms with Crippen molar-refractivity contribution < 1.29 is 18.0 Å². The Morgan fingerprint density at radius 3 is 2.48 bits per heavy atom. The van der Waals surface area contributed by atoms with Gasteiger partial charge in [0.1, 0.15) is 0 Å². The fraction of sp³-hybridized carbons (Fsp3) is 0.400. The van der Waals surface area contributed by atoms with Gasteiger partial charge in [-0.15, -0.1) is 0 Å². The first-order chi connectivity index (χ1) is 12.8. The Kier molecular flexibility index (Phi) is 5.63. The van der Waals surface area contributed by atoms with Gasteiger partial charge in [0.05, 0.1) is 5.75 Å². The monoisotopic (exact) mass is 400 g/mol. The van der Waals surface area contributed by atoms with E-state index in [0.29, 0.717) is 38.2 Å². The number of thioether (sulfide) groups is 1. The van der Waals surface area contributed by atoms with Crippen LogP contribution in [0.4, 0.5) is 19.1 Å². The smallest absolute Gasteiger partial charge is 0.338 e. The Bertz CT molecular complexity index is 853. The lowest BCUT2D eigenvalue weighted by atomic mass is 10.3. The molecule has 144 valence electrons. The molecule has 1 aliphatic rings. The molecule has 2 aromatic rings. The number of nitrogens with one attached hydrogen (secondary N) is 1. The molecule has 12 heteroatoms. The van der Waals surface area contributed by atoms with E-state index in [1.807, 2.05) is 4.90 Å². The van der Waals surface area contributed by atoms with Crippen LogP contribution in [0.3, 0.4) is 0 Å². The largest absolute Gasteiger partial charge is 0.433 e. The topological polar surface area (TPSA) is 95.1 Å². The molecule has 8 nitrogen and oxygen atoms in total. The van der Waals surface area contributed by atoms with Gasteiger partial charge >= 0.3 is 6.18 Å². The summed E-state index contributed by atoms with van der Waals surface area (Å²) in [5.74, 6) is 0.227. The summed E-state index contributed by atoms with van der Waals surface area (Å²) in [4.78, 5) is 41.1. The highest BCUT2D eigenvalue weighted by Gasteiger charge is 2.33. The van der Waals surface area contributed by atoms with Crippen molar-refractivity contribution >= 4 is 23.6 Å². The minimum absolute atomic E-state index is 0.119. The first-order valence-electron chi connectivity index (χ1n) is 7.94. The van der Waals surface area contributed by atoms with E-state index >= 15 is 0 Å². The summed E-state index contributed by atoms with van der Waals surface area (Å²) in [7, 11) is 0. The molecule has 0 radical (unpaired) electrons. The van der Waals surface area contributed by atoms with Gasteiger partial charge in [0.2, 0.25) is 11.9 Å². The van der Waals surface area contributed by atoms with Crippen molar-refractivity contribution in [1.82, 2.24) is 24.8 Å². The number of anilines is 1. The van der Waals surface area contributed by atoms with E-state index in [-0.39, 0.29) is 16.8 Å². The van der Waals surface area contributed by atoms with Gasteiger partial charge in [0, 0.05) is 44.6 Å². The molecule has 0 spiro atoms. The Hall–Kier alpha value is -2.63. The van der Waals surface area contributed by atoms with E-state index in [0.717, 1.165) is 11.8 Å². The third-order valence-electron chi connectivity index (χ3n) is 3.81. The minimum Gasteiger partial charge on any atom is -0.338 e. The van der Waals surface area contributed by atoms with Crippen LogP contribution in [0.15, 0.2) is 34.5 Å². The molecule has 1 aliphatic heterocycles. The average Bonchev–Trinajstić information content (AvgIpc) is 2.66. The second-order valence-electron chi connectivity index (χ2n) is 5.64. The van der Waals surface area contributed by atoms with E-state index in [1.165, 1.54) is 0 Å². The van der Waals surface area contributed by atoms with Gasteiger partial charge in [-0.05, 0) is 6.07 Å². The van der Waals surface area contributed by atoms with E-state index in [4.69, 9.17) is 0 Å². The predicted molar refractivity (Wildman–Crippen MR) is 91.4 cm³/mol. The molecule has 0 saturated carbocycles. The average molecular weight is 400 g/mol. The van der Waals surface area contributed by atoms with E-state index < -0.39 is 17.4 Å². The molecule has 1 amide bonds. The number of H-pyrrole nitrogens is 1. The summed E-state index contributed by atoms with van der Waals surface area (Å²) in [6.45, 7) is 2.01. The summed E-state index contributed by atoms with van der Waals surface area (Å²) in [6, 6.07) is 2.10. The number of piperazine rings is 1. The highest BCUT2D eigenvalue weighted by molar-refractivity contribution is 7.99. The lowest BCUT2D eigenvalue weighted by Gasteiger charge is -2.34. The lowest BCUT2D eigenvalue weighted by molar-refractivity contribution is -0.141. The van der Waals surface area contributed by atoms with Gasteiger partial charge in [-0.1, -0.05) is 11.8 Å². The maximum absolute atomic E-state index is 12.7. The molecule has 1 saturated heterocycles. The molecule has 0 unspecified atom stereocenters. The second-order valence-corrected chi connectivity index (χ2v) is 6.60. The molecule has 0 aliphatic carbocycles. The number of hydrogen-bond donors (Lipinski definition) is 1. The standard InChI is InChI=1S/C15H15F3N6O2S/c16-15(17,18)10-8-11(25)22-14(21-10)27-9-12(26)23-4-6-24(7-5-23)13-19-2-1-3-20-13/h1-3,8H,4-7,9H2,(H,21,22,25). The fourth-order valence-electron chi connectivity index (χ4n) is 2.48. The van der Waals surface area contributed by atoms with Gasteiger partial charge in [-0.2, -0.15) is 13.2 Å². The van der Waals surface area contributed by atoms with Crippen LogP contribution in [0.1, 0.15) is 5.69 Å². The number of carbonyl (C=O) groups is 1. The lowest BCUT2D eigenvalue weighted by Crippen LogP contribution is -2.49. The van der Waals surface area contributed by atoms with Gasteiger partial charge in [-0.25, -0.2) is 15.0 Å². The van der Waals surface area contributed by atoms with Crippen LogP contribution in [-0.2, 0) is 11.0 Å². The zero-order valence-corrected chi connectivity index (χ0v) is 14.8. The molecular weight excluding hydrogens is 385 g/mol. The first-order valence-corrected chi connectivity index (χ1v) is 8.92. The second kappa shape index (κ2) is 7.94. The number of aromatic amines is 1. The highest BCUT2D eigenvalue weighted by Crippen LogP contribution is 2.27. The number of amides is 1. The predicted octanol–water partition coefficient (Wildman–Crippen LogP) is 1.02. The van der Waals surface area contributed by atoms with Crippen molar-refractivity contribution in [3.8, 4) is 0 Å². The molecule has 1 N–H and O–H groups in total. The van der Waals surface area contributed by atoms with Crippen LogP contribution >= 0.6 is 11.8 Å². The minimum atomic E-state index is -4.72. The number of hydrogen-bond acceptors (Lipinski definition) is 7. The normalized spacial score (nSPS) is 15.1. The quantitative estimate of drug-likeness (QED) is 0.605. The van der Waals surface area contributed by atoms with E-state index in [9.17, 15) is 22.8 Å². The van der Waals surface area contributed by atoms with Gasteiger partial charge < -0.3 is 14.8 Å². The highest BCUT2D eigenvalue weighted by atomic mass is 32.2. The maximum Gasteiger partial charge on any atom is 0.433 e. The number of halogens is 3. The van der Waals surface area contributed by atoms with Crippen molar-refractivity contribution in [3.05, 3.63) is 40.6 Å². The Balaban J connectivity index is 1.55. The SMILES string of the molecule is O=C(CSc1nc(C(F)(F)F)cc(=O)[nH]1)N1CCN(c2ncccn2)CC1. The van der Waals surface area contributed by atoms with Crippen molar-refractivity contribution in [3.63, 3.8) is 0 Å². The van der Waals surface area contributed by atoms with Crippen molar-refractivity contribution in [1.29, 1.82) is 0 Å². The van der Waals surface area contributed by atoms with Gasteiger partial charge in [0.15, 0.2) is 10.9 Å². The zero-order chi connectivity index (χ0) is 19.4. The number of alkyl halides is 3. The van der Waals surface area contributed by atoms with Gasteiger partial charge in [0.25, 0.3) is 5.56 Å². The summed E-state index contributed by atoms with van der Waals surface area (Å²) >= 11 is 0.768. The molecule has 1 fully saturated rings. The number of nitrogens with zero attached hydrogens (tertiary/aromatic N) is 5. The molecule has 0 atom stereocenters. The summed E-state index contributed by atoms with van der Waals surface area (Å²) < 4.78 is 38.1. The van der Waals surface area contributed by atoms with E-state index in [2.05, 4.69) is 19.9 Å². The van der Waals surface area contributed by atoms with Crippen LogP contribution in [0.25, 0.3) is 0 Å². The number of aromatic nitrogens is 4. The molecule has 2 aromatic heterocycles. The molecule has 3 heterocycles. The zero-order valence-electron chi connectivity index (χ0n) is 13.9. The van der Waals surface area contributed by atoms with Gasteiger partial charge in [-0.3, -0.25) is 9.59 Å². The molecule has 0 bridgehead atoms. The van der Waals surface area contributed by atoms with Crippen LogP contribution in [0.5, 0.6) is 0 Å². The van der Waals surface area contributed by atoms with Crippen molar-refractivity contribution in [2.75, 3.05) is 36.8 Å². The maximum atomic E-state index is 12.7. The Morgan fingerprint density at radius 2 is 1.85 bits per heavy atom. The van der Waals surface area contributed by atoms with Crippen LogP contribution < -0.4 is 10.5 Å². The number of rotatable bonds is 4. The number of carbonyl (C=O) groups excluding carboxylic acids is 1. The molecule has 3 rings (SSSR count). The third kappa shape index (κ3) is 4.96. The summed E-state index contributed by atoms with van der Waals surface area (Å²) in [5, 5.41) is -0.237. The Morgan fingerprint density at radius 1 is 1.19 bits per heavy atom. The fourth-order valence-corrected chi connectivity index (χ4v) is 3.26. The molecular formula is C15H15F3N6O2S. The third-order valence-corrected chi connectivity index (χ3v) is 4.67. The van der Waals surface area contributed by atoms with Crippen molar-refractivity contribution in [2.24, 2.45) is 0 Å². The summed E-state index contributed by atoms with van der Waals surface area (Å²) in [6.07, 6.45) is -1.44. The first kappa shape index (κ1) is 19.1.